The number of halogens is 1. The van der Waals surface area contributed by atoms with E-state index >= 15 is 0 Å². The van der Waals surface area contributed by atoms with E-state index in [2.05, 4.69) is 4.98 Å². The second-order valence-electron chi connectivity index (χ2n) is 4.28. The molecule has 0 amide bonds. The van der Waals surface area contributed by atoms with E-state index in [0.29, 0.717) is 11.7 Å². The Morgan fingerprint density at radius 2 is 2.25 bits per heavy atom. The number of rotatable bonds is 4. The fourth-order valence-electron chi connectivity index (χ4n) is 1.14. The minimum absolute atomic E-state index is 0.433. The summed E-state index contributed by atoms with van der Waals surface area (Å²) in [6.07, 6.45) is 1.55. The molecule has 1 heterocycles. The van der Waals surface area contributed by atoms with Gasteiger partial charge in [-0.15, -0.1) is 0 Å². The van der Waals surface area contributed by atoms with Gasteiger partial charge in [0.2, 0.25) is 0 Å². The quantitative estimate of drug-likeness (QED) is 0.871. The molecule has 0 unspecified atom stereocenters. The van der Waals surface area contributed by atoms with E-state index in [9.17, 15) is 4.79 Å². The number of carboxylic acids is 1. The highest BCUT2D eigenvalue weighted by Gasteiger charge is 2.32. The number of imidazole rings is 1. The van der Waals surface area contributed by atoms with E-state index < -0.39 is 11.5 Å². The number of carboxylic acid groups (broad SMARTS) is 1. The number of hydrogen-bond acceptors (Lipinski definition) is 3. The maximum absolute atomic E-state index is 11.0. The van der Waals surface area contributed by atoms with Gasteiger partial charge in [-0.25, -0.2) is 4.98 Å². The summed E-state index contributed by atoms with van der Waals surface area (Å²) in [4.78, 5) is 16.9. The summed E-state index contributed by atoms with van der Waals surface area (Å²) in [5.41, 5.74) is -0.932. The second kappa shape index (κ2) is 4.43. The lowest BCUT2D eigenvalue weighted by Crippen LogP contribution is -2.47. The van der Waals surface area contributed by atoms with Crippen LogP contribution in [-0.4, -0.2) is 38.1 Å². The molecule has 0 radical (unpaired) electrons. The molecule has 0 saturated heterocycles. The van der Waals surface area contributed by atoms with Crippen LogP contribution >= 0.6 is 11.6 Å². The zero-order valence-corrected chi connectivity index (χ0v) is 10.6. The Morgan fingerprint density at radius 3 is 2.62 bits per heavy atom. The van der Waals surface area contributed by atoms with Crippen LogP contribution in [0.1, 0.15) is 19.7 Å². The van der Waals surface area contributed by atoms with Crippen molar-refractivity contribution in [1.29, 1.82) is 0 Å². The Balaban J connectivity index is 2.83. The van der Waals surface area contributed by atoms with E-state index in [1.807, 2.05) is 0 Å². The zero-order valence-electron chi connectivity index (χ0n) is 9.86. The number of nitrogens with zero attached hydrogens (tertiary/aromatic N) is 3. The van der Waals surface area contributed by atoms with Gasteiger partial charge in [-0.3, -0.25) is 9.69 Å². The fraction of sp³-hybridized carbons (Fsp3) is 0.600. The first-order chi connectivity index (χ1) is 7.26. The largest absolute Gasteiger partial charge is 0.480 e. The summed E-state index contributed by atoms with van der Waals surface area (Å²) in [5.74, 6) is -0.128. The third-order valence-electron chi connectivity index (χ3n) is 2.88. The molecule has 0 atom stereocenters. The van der Waals surface area contributed by atoms with Crippen LogP contribution in [0, 0.1) is 0 Å². The number of aromatic nitrogens is 2. The van der Waals surface area contributed by atoms with Crippen LogP contribution in [0.25, 0.3) is 0 Å². The molecule has 0 saturated carbocycles. The highest BCUT2D eigenvalue weighted by atomic mass is 35.5. The van der Waals surface area contributed by atoms with E-state index in [4.69, 9.17) is 16.7 Å². The molecule has 5 nitrogen and oxygen atoms in total. The maximum Gasteiger partial charge on any atom is 0.323 e. The van der Waals surface area contributed by atoms with Gasteiger partial charge in [0.05, 0.1) is 12.7 Å². The van der Waals surface area contributed by atoms with Crippen LogP contribution in [0.2, 0.25) is 5.15 Å². The Kier molecular flexibility index (Phi) is 3.60. The molecule has 0 fully saturated rings. The van der Waals surface area contributed by atoms with Crippen molar-refractivity contribution in [3.8, 4) is 0 Å². The first-order valence-electron chi connectivity index (χ1n) is 4.87. The van der Waals surface area contributed by atoms with Crippen molar-refractivity contribution >= 4 is 17.6 Å². The molecule has 6 heteroatoms. The molecule has 0 aliphatic carbocycles. The molecule has 16 heavy (non-hydrogen) atoms. The zero-order chi connectivity index (χ0) is 12.5. The third-order valence-corrected chi connectivity index (χ3v) is 3.24. The number of hydrogen-bond donors (Lipinski definition) is 1. The van der Waals surface area contributed by atoms with Crippen molar-refractivity contribution in [1.82, 2.24) is 14.5 Å². The number of carbonyl (C=O) groups is 1. The molecule has 0 spiro atoms. The average molecular weight is 246 g/mol. The highest BCUT2D eigenvalue weighted by Crippen LogP contribution is 2.17. The van der Waals surface area contributed by atoms with Gasteiger partial charge in [0.25, 0.3) is 0 Å². The lowest BCUT2D eigenvalue weighted by atomic mass is 10.0. The monoisotopic (exact) mass is 245 g/mol. The van der Waals surface area contributed by atoms with Crippen molar-refractivity contribution in [2.24, 2.45) is 7.05 Å². The predicted molar refractivity (Wildman–Crippen MR) is 61.4 cm³/mol. The molecule has 90 valence electrons. The standard InChI is InChI=1S/C10H16ClN3O2/c1-10(2,9(15)16)13(3)6-8-12-5-7(11)14(8)4/h5H,6H2,1-4H3,(H,15,16). The average Bonchev–Trinajstić information content (AvgIpc) is 2.49. The van der Waals surface area contributed by atoms with Gasteiger partial charge in [-0.1, -0.05) is 11.6 Å². The Labute approximate surface area is 99.6 Å². The topological polar surface area (TPSA) is 58.4 Å². The molecule has 0 aliphatic heterocycles. The SMILES string of the molecule is CN(Cc1ncc(Cl)n1C)C(C)(C)C(=O)O. The summed E-state index contributed by atoms with van der Waals surface area (Å²) in [5, 5.41) is 9.61. The lowest BCUT2D eigenvalue weighted by Gasteiger charge is -2.30. The minimum Gasteiger partial charge on any atom is -0.480 e. The smallest absolute Gasteiger partial charge is 0.323 e. The molecule has 0 bridgehead atoms. The van der Waals surface area contributed by atoms with E-state index in [1.54, 1.807) is 43.6 Å². The molecule has 1 aromatic rings. The number of aliphatic carboxylic acids is 1. The first kappa shape index (κ1) is 13.0. The van der Waals surface area contributed by atoms with Crippen LogP contribution in [0.3, 0.4) is 0 Å². The van der Waals surface area contributed by atoms with Gasteiger partial charge >= 0.3 is 5.97 Å². The van der Waals surface area contributed by atoms with Crippen molar-refractivity contribution in [3.05, 3.63) is 17.2 Å². The Bertz CT molecular complexity index is 401. The minimum atomic E-state index is -0.932. The van der Waals surface area contributed by atoms with Gasteiger partial charge in [-0.2, -0.15) is 0 Å². The molecular weight excluding hydrogens is 230 g/mol. The van der Waals surface area contributed by atoms with Crippen molar-refractivity contribution in [2.75, 3.05) is 7.05 Å². The van der Waals surface area contributed by atoms with Crippen LogP contribution < -0.4 is 0 Å². The van der Waals surface area contributed by atoms with E-state index in [-0.39, 0.29) is 0 Å². The highest BCUT2D eigenvalue weighted by molar-refractivity contribution is 6.29. The van der Waals surface area contributed by atoms with Crippen LogP contribution in [0.5, 0.6) is 0 Å². The number of likely N-dealkylation sites (N-methyl/N-ethyl adjacent to an activating group) is 1. The van der Waals surface area contributed by atoms with Crippen LogP contribution in [-0.2, 0) is 18.4 Å². The second-order valence-corrected chi connectivity index (χ2v) is 4.66. The molecule has 0 aliphatic rings. The fourth-order valence-corrected chi connectivity index (χ4v) is 1.29. The first-order valence-corrected chi connectivity index (χ1v) is 5.25. The summed E-state index contributed by atoms with van der Waals surface area (Å²) < 4.78 is 1.73. The summed E-state index contributed by atoms with van der Waals surface area (Å²) in [6.45, 7) is 3.74. The van der Waals surface area contributed by atoms with Gasteiger partial charge in [-0.05, 0) is 20.9 Å². The molecule has 1 aromatic heterocycles. The molecular formula is C10H16ClN3O2. The normalized spacial score (nSPS) is 12.1. The predicted octanol–water partition coefficient (Wildman–Crippen LogP) is 1.37. The van der Waals surface area contributed by atoms with Gasteiger partial charge in [0.15, 0.2) is 0 Å². The Morgan fingerprint density at radius 1 is 1.69 bits per heavy atom. The molecule has 1 N–H and O–H groups in total. The Hall–Kier alpha value is -1.07. The lowest BCUT2D eigenvalue weighted by molar-refractivity contribution is -0.148. The third kappa shape index (κ3) is 2.36. The maximum atomic E-state index is 11.0. The van der Waals surface area contributed by atoms with E-state index in [1.165, 1.54) is 0 Å². The van der Waals surface area contributed by atoms with Crippen LogP contribution in [0.15, 0.2) is 6.20 Å². The summed E-state index contributed by atoms with van der Waals surface area (Å²) in [7, 11) is 3.54. The van der Waals surface area contributed by atoms with Crippen molar-refractivity contribution in [3.63, 3.8) is 0 Å². The van der Waals surface area contributed by atoms with E-state index in [0.717, 1.165) is 5.82 Å². The van der Waals surface area contributed by atoms with Gasteiger partial charge in [0, 0.05) is 7.05 Å². The summed E-state index contributed by atoms with van der Waals surface area (Å²) in [6, 6.07) is 0. The van der Waals surface area contributed by atoms with Crippen molar-refractivity contribution < 1.29 is 9.90 Å². The van der Waals surface area contributed by atoms with Gasteiger partial charge < -0.3 is 9.67 Å². The van der Waals surface area contributed by atoms with Crippen LogP contribution in [0.4, 0.5) is 0 Å². The molecule has 0 aromatic carbocycles. The van der Waals surface area contributed by atoms with Gasteiger partial charge in [0.1, 0.15) is 16.5 Å². The molecule has 1 rings (SSSR count). The summed E-state index contributed by atoms with van der Waals surface area (Å²) >= 11 is 5.86. The van der Waals surface area contributed by atoms with Crippen molar-refractivity contribution in [2.45, 2.75) is 25.9 Å².